The lowest BCUT2D eigenvalue weighted by atomic mass is 10.0. The zero-order valence-corrected chi connectivity index (χ0v) is 10.2. The minimum atomic E-state index is -0.501. The van der Waals surface area contributed by atoms with Crippen molar-refractivity contribution in [2.45, 2.75) is 56.7 Å². The number of primary amides is 1. The molecule has 1 amide bonds. The summed E-state index contributed by atoms with van der Waals surface area (Å²) in [4.78, 5) is 10.9. The van der Waals surface area contributed by atoms with Crippen LogP contribution in [0.25, 0.3) is 0 Å². The Kier molecular flexibility index (Phi) is 6.39. The summed E-state index contributed by atoms with van der Waals surface area (Å²) in [6.07, 6.45) is 6.91. The Bertz CT molecular complexity index is 157. The van der Waals surface area contributed by atoms with Gasteiger partial charge in [-0.2, -0.15) is 0 Å². The first-order valence-corrected chi connectivity index (χ1v) is 5.79. The van der Waals surface area contributed by atoms with Crippen LogP contribution in [-0.4, -0.2) is 10.2 Å². The summed E-state index contributed by atoms with van der Waals surface area (Å²) in [5, 5.41) is 0. The first-order chi connectivity index (χ1) is 6.00. The Morgan fingerprint density at radius 1 is 1.31 bits per heavy atom. The third-order valence-electron chi connectivity index (χ3n) is 2.26. The number of alkyl halides is 1. The number of nitrogens with two attached hydrogens (primary N) is 1. The predicted molar refractivity (Wildman–Crippen MR) is 59.9 cm³/mol. The number of rotatable bonds is 7. The van der Waals surface area contributed by atoms with E-state index < -0.39 is 4.32 Å². The van der Waals surface area contributed by atoms with Crippen molar-refractivity contribution >= 4 is 21.8 Å². The summed E-state index contributed by atoms with van der Waals surface area (Å²) >= 11 is 3.34. The molecule has 0 spiro atoms. The maximum Gasteiger partial charge on any atom is 0.234 e. The molecule has 0 aromatic heterocycles. The molecule has 2 nitrogen and oxygen atoms in total. The average molecular weight is 250 g/mol. The molecule has 0 saturated heterocycles. The molecular formula is C10H20BrNO. The predicted octanol–water partition coefficient (Wildman–Crippen LogP) is 2.99. The standard InChI is InChI=1S/C10H20BrNO/c1-3-4-5-6-7-8-10(2,11)9(12)13/h3-8H2,1-2H3,(H2,12,13). The van der Waals surface area contributed by atoms with Crippen LogP contribution in [0.1, 0.15) is 52.4 Å². The van der Waals surface area contributed by atoms with Gasteiger partial charge in [0.15, 0.2) is 0 Å². The lowest BCUT2D eigenvalue weighted by Crippen LogP contribution is -2.34. The normalized spacial score (nSPS) is 15.3. The maximum atomic E-state index is 10.9. The van der Waals surface area contributed by atoms with Crippen LogP contribution >= 0.6 is 15.9 Å². The van der Waals surface area contributed by atoms with Crippen molar-refractivity contribution in [3.05, 3.63) is 0 Å². The third-order valence-corrected chi connectivity index (χ3v) is 3.05. The molecule has 0 saturated carbocycles. The van der Waals surface area contributed by atoms with Gasteiger partial charge in [0.25, 0.3) is 0 Å². The monoisotopic (exact) mass is 249 g/mol. The Morgan fingerprint density at radius 3 is 2.31 bits per heavy atom. The van der Waals surface area contributed by atoms with Crippen molar-refractivity contribution in [1.29, 1.82) is 0 Å². The van der Waals surface area contributed by atoms with Crippen LogP contribution in [0.4, 0.5) is 0 Å². The van der Waals surface area contributed by atoms with Crippen molar-refractivity contribution < 1.29 is 4.79 Å². The van der Waals surface area contributed by atoms with E-state index in [0.717, 1.165) is 12.8 Å². The van der Waals surface area contributed by atoms with Crippen molar-refractivity contribution in [3.63, 3.8) is 0 Å². The highest BCUT2D eigenvalue weighted by molar-refractivity contribution is 9.10. The van der Waals surface area contributed by atoms with E-state index >= 15 is 0 Å². The topological polar surface area (TPSA) is 43.1 Å². The number of unbranched alkanes of at least 4 members (excludes halogenated alkanes) is 4. The first kappa shape index (κ1) is 12.9. The molecule has 1 unspecified atom stereocenters. The molecule has 0 heterocycles. The van der Waals surface area contributed by atoms with Crippen LogP contribution in [0.3, 0.4) is 0 Å². The largest absolute Gasteiger partial charge is 0.368 e. The number of carbonyl (C=O) groups excluding carboxylic acids is 1. The summed E-state index contributed by atoms with van der Waals surface area (Å²) in [5.41, 5.74) is 5.23. The highest BCUT2D eigenvalue weighted by atomic mass is 79.9. The molecule has 0 rings (SSSR count). The minimum absolute atomic E-state index is 0.261. The fraction of sp³-hybridized carbons (Fsp3) is 0.900. The van der Waals surface area contributed by atoms with Gasteiger partial charge in [0.05, 0.1) is 0 Å². The molecular weight excluding hydrogens is 230 g/mol. The smallest absolute Gasteiger partial charge is 0.234 e. The van der Waals surface area contributed by atoms with Crippen molar-refractivity contribution in [1.82, 2.24) is 0 Å². The molecule has 13 heavy (non-hydrogen) atoms. The minimum Gasteiger partial charge on any atom is -0.368 e. The quantitative estimate of drug-likeness (QED) is 0.547. The van der Waals surface area contributed by atoms with Gasteiger partial charge in [-0.05, 0) is 13.3 Å². The fourth-order valence-electron chi connectivity index (χ4n) is 1.18. The second-order valence-electron chi connectivity index (χ2n) is 3.73. The summed E-state index contributed by atoms with van der Waals surface area (Å²) in [7, 11) is 0. The maximum absolute atomic E-state index is 10.9. The van der Waals surface area contributed by atoms with E-state index in [4.69, 9.17) is 5.73 Å². The second-order valence-corrected chi connectivity index (χ2v) is 5.48. The van der Waals surface area contributed by atoms with Gasteiger partial charge in [0.2, 0.25) is 5.91 Å². The summed E-state index contributed by atoms with van der Waals surface area (Å²) < 4.78 is -0.501. The molecule has 0 aliphatic heterocycles. The molecule has 78 valence electrons. The van der Waals surface area contributed by atoms with E-state index in [2.05, 4.69) is 22.9 Å². The number of carbonyl (C=O) groups is 1. The number of hydrogen-bond acceptors (Lipinski definition) is 1. The van der Waals surface area contributed by atoms with Crippen LogP contribution in [0.15, 0.2) is 0 Å². The van der Waals surface area contributed by atoms with Crippen LogP contribution < -0.4 is 5.73 Å². The molecule has 1 atom stereocenters. The van der Waals surface area contributed by atoms with Crippen LogP contribution in [0, 0.1) is 0 Å². The van der Waals surface area contributed by atoms with Gasteiger partial charge >= 0.3 is 0 Å². The molecule has 3 heteroatoms. The molecule has 0 aromatic carbocycles. The van der Waals surface area contributed by atoms with Crippen molar-refractivity contribution in [2.75, 3.05) is 0 Å². The summed E-state index contributed by atoms with van der Waals surface area (Å²) in [6.45, 7) is 4.03. The van der Waals surface area contributed by atoms with Gasteiger partial charge in [0.1, 0.15) is 4.32 Å². The van der Waals surface area contributed by atoms with Crippen molar-refractivity contribution in [2.24, 2.45) is 5.73 Å². The van der Waals surface area contributed by atoms with E-state index in [9.17, 15) is 4.79 Å². The van der Waals surface area contributed by atoms with E-state index in [1.807, 2.05) is 6.92 Å². The van der Waals surface area contributed by atoms with E-state index in [1.165, 1.54) is 25.7 Å². The molecule has 0 aliphatic carbocycles. The first-order valence-electron chi connectivity index (χ1n) is 4.99. The van der Waals surface area contributed by atoms with Crippen molar-refractivity contribution in [3.8, 4) is 0 Å². The number of amides is 1. The van der Waals surface area contributed by atoms with Gasteiger partial charge in [0, 0.05) is 0 Å². The summed E-state index contributed by atoms with van der Waals surface area (Å²) in [5.74, 6) is -0.261. The van der Waals surface area contributed by atoms with E-state index in [-0.39, 0.29) is 5.91 Å². The van der Waals surface area contributed by atoms with Crippen LogP contribution in [-0.2, 0) is 4.79 Å². The van der Waals surface area contributed by atoms with Gasteiger partial charge in [-0.3, -0.25) is 4.79 Å². The van der Waals surface area contributed by atoms with Crippen LogP contribution in [0.5, 0.6) is 0 Å². The Labute approximate surface area is 89.4 Å². The highest BCUT2D eigenvalue weighted by Gasteiger charge is 2.26. The molecule has 0 radical (unpaired) electrons. The van der Waals surface area contributed by atoms with Crippen LogP contribution in [0.2, 0.25) is 0 Å². The highest BCUT2D eigenvalue weighted by Crippen LogP contribution is 2.24. The molecule has 0 aromatic rings. The molecule has 0 aliphatic rings. The lowest BCUT2D eigenvalue weighted by molar-refractivity contribution is -0.119. The zero-order chi connectivity index (χ0) is 10.3. The van der Waals surface area contributed by atoms with Gasteiger partial charge < -0.3 is 5.73 Å². The van der Waals surface area contributed by atoms with E-state index in [0.29, 0.717) is 0 Å². The Balaban J connectivity index is 3.46. The van der Waals surface area contributed by atoms with Gasteiger partial charge in [-0.1, -0.05) is 55.0 Å². The molecule has 0 fully saturated rings. The number of halogens is 1. The fourth-order valence-corrected chi connectivity index (χ4v) is 1.46. The molecule has 0 bridgehead atoms. The number of hydrogen-bond donors (Lipinski definition) is 1. The molecule has 2 N–H and O–H groups in total. The van der Waals surface area contributed by atoms with Gasteiger partial charge in [-0.15, -0.1) is 0 Å². The second kappa shape index (κ2) is 6.41. The average Bonchev–Trinajstić information content (AvgIpc) is 2.03. The Hall–Kier alpha value is -0.0500. The SMILES string of the molecule is CCCCCCCC(C)(Br)C(N)=O. The Morgan fingerprint density at radius 2 is 1.85 bits per heavy atom. The summed E-state index contributed by atoms with van der Waals surface area (Å²) in [6, 6.07) is 0. The zero-order valence-electron chi connectivity index (χ0n) is 8.61. The van der Waals surface area contributed by atoms with Gasteiger partial charge in [-0.25, -0.2) is 0 Å². The lowest BCUT2D eigenvalue weighted by Gasteiger charge is -2.17. The van der Waals surface area contributed by atoms with E-state index in [1.54, 1.807) is 0 Å². The third kappa shape index (κ3) is 6.08.